The van der Waals surface area contributed by atoms with Crippen LogP contribution in [0.4, 0.5) is 32.2 Å². The van der Waals surface area contributed by atoms with Crippen molar-refractivity contribution in [2.75, 3.05) is 18.0 Å². The van der Waals surface area contributed by atoms with E-state index in [9.17, 15) is 31.1 Å². The fourth-order valence-corrected chi connectivity index (χ4v) is 4.58. The molecule has 0 aliphatic carbocycles. The minimum atomic E-state index is -4.62. The fraction of sp³-hybridized carbons (Fsp3) is 0.368. The molecule has 0 spiro atoms. The normalized spacial score (nSPS) is 19.0. The molecule has 1 fully saturated rings. The molecule has 0 bridgehead atoms. The number of benzene rings is 1. The van der Waals surface area contributed by atoms with E-state index in [0.717, 1.165) is 17.8 Å². The highest BCUT2D eigenvalue weighted by Gasteiger charge is 2.41. The van der Waals surface area contributed by atoms with Crippen molar-refractivity contribution in [3.05, 3.63) is 47.9 Å². The Labute approximate surface area is 182 Å². The van der Waals surface area contributed by atoms with E-state index in [1.165, 1.54) is 35.4 Å². The first-order valence-corrected chi connectivity index (χ1v) is 10.0. The number of anilines is 1. The number of nitrogens with one attached hydrogen (secondary N) is 1. The van der Waals surface area contributed by atoms with E-state index >= 15 is 0 Å². The average molecular weight is 475 g/mol. The van der Waals surface area contributed by atoms with Gasteiger partial charge in [0, 0.05) is 22.9 Å². The van der Waals surface area contributed by atoms with Crippen LogP contribution in [0.25, 0.3) is 0 Å². The van der Waals surface area contributed by atoms with Crippen molar-refractivity contribution < 1.29 is 31.1 Å². The summed E-state index contributed by atoms with van der Waals surface area (Å²) >= 11 is 0.886. The van der Waals surface area contributed by atoms with E-state index in [4.69, 9.17) is 5.26 Å². The van der Waals surface area contributed by atoms with Gasteiger partial charge in [-0.1, -0.05) is 12.1 Å². The molecule has 32 heavy (non-hydrogen) atoms. The lowest BCUT2D eigenvalue weighted by Crippen LogP contribution is -2.46. The van der Waals surface area contributed by atoms with Crippen LogP contribution in [0, 0.1) is 11.3 Å². The molecular formula is C19H15F6N5OS. The molecule has 2 unspecified atom stereocenters. The number of carbonyl (C=O) groups excluding carboxylic acids is 1. The predicted octanol–water partition coefficient (Wildman–Crippen LogP) is 3.79. The number of hydrogen-bond acceptors (Lipinski definition) is 6. The zero-order valence-electron chi connectivity index (χ0n) is 16.1. The summed E-state index contributed by atoms with van der Waals surface area (Å²) in [6, 6.07) is 6.92. The van der Waals surface area contributed by atoms with Gasteiger partial charge in [-0.2, -0.15) is 31.6 Å². The third kappa shape index (κ3) is 5.82. The highest BCUT2D eigenvalue weighted by molar-refractivity contribution is 8.00. The van der Waals surface area contributed by atoms with E-state index in [1.807, 2.05) is 5.32 Å². The maximum atomic E-state index is 13.3. The van der Waals surface area contributed by atoms with Gasteiger partial charge in [-0.15, -0.1) is 11.8 Å². The molecule has 3 rings (SSSR count). The van der Waals surface area contributed by atoms with Gasteiger partial charge < -0.3 is 10.2 Å². The summed E-state index contributed by atoms with van der Waals surface area (Å²) in [4.78, 5) is 21.5. The van der Waals surface area contributed by atoms with Crippen molar-refractivity contribution in [2.24, 2.45) is 0 Å². The van der Waals surface area contributed by atoms with E-state index in [1.54, 1.807) is 6.07 Å². The Morgan fingerprint density at radius 1 is 1.22 bits per heavy atom. The number of halogens is 6. The van der Waals surface area contributed by atoms with Crippen LogP contribution in [-0.4, -0.2) is 46.4 Å². The number of alkyl halides is 6. The van der Waals surface area contributed by atoms with Gasteiger partial charge in [-0.3, -0.25) is 4.79 Å². The molecule has 2 heterocycles. The van der Waals surface area contributed by atoms with Crippen LogP contribution in [0.3, 0.4) is 0 Å². The summed E-state index contributed by atoms with van der Waals surface area (Å²) in [5.41, 5.74) is -0.838. The fourth-order valence-electron chi connectivity index (χ4n) is 3.24. The molecule has 1 aromatic heterocycles. The molecule has 6 nitrogen and oxygen atoms in total. The zero-order valence-corrected chi connectivity index (χ0v) is 16.9. The quantitative estimate of drug-likeness (QED) is 0.663. The first-order chi connectivity index (χ1) is 15.0. The number of rotatable bonds is 5. The molecule has 1 amide bonds. The van der Waals surface area contributed by atoms with Gasteiger partial charge in [0.15, 0.2) is 0 Å². The first kappa shape index (κ1) is 23.6. The van der Waals surface area contributed by atoms with Gasteiger partial charge in [0.2, 0.25) is 11.7 Å². The molecule has 1 aromatic carbocycles. The van der Waals surface area contributed by atoms with Gasteiger partial charge in [0.05, 0.1) is 5.56 Å². The molecule has 1 N–H and O–H groups in total. The molecule has 2 aromatic rings. The summed E-state index contributed by atoms with van der Waals surface area (Å²) < 4.78 is 77.6. The van der Waals surface area contributed by atoms with Crippen LogP contribution in [0.15, 0.2) is 41.4 Å². The Morgan fingerprint density at radius 2 is 1.94 bits per heavy atom. The topological polar surface area (TPSA) is 81.9 Å². The SMILES string of the molecule is N#Cc1nccc(N2CC(Sc3ccccc3C(F)(F)F)CC2C(=O)NCC(F)(F)F)n1. The second-order valence-electron chi connectivity index (χ2n) is 6.82. The summed E-state index contributed by atoms with van der Waals surface area (Å²) in [7, 11) is 0. The summed E-state index contributed by atoms with van der Waals surface area (Å²) in [6.45, 7) is -1.51. The lowest BCUT2D eigenvalue weighted by atomic mass is 10.2. The van der Waals surface area contributed by atoms with Crippen LogP contribution in [0.2, 0.25) is 0 Å². The molecular weight excluding hydrogens is 460 g/mol. The lowest BCUT2D eigenvalue weighted by Gasteiger charge is -2.24. The first-order valence-electron chi connectivity index (χ1n) is 9.15. The lowest BCUT2D eigenvalue weighted by molar-refractivity contribution is -0.139. The van der Waals surface area contributed by atoms with Gasteiger partial charge in [-0.25, -0.2) is 9.97 Å². The molecule has 13 heteroatoms. The number of aromatic nitrogens is 2. The summed E-state index contributed by atoms with van der Waals surface area (Å²) in [5.74, 6) is -1.03. The van der Waals surface area contributed by atoms with Crippen molar-refractivity contribution in [3.63, 3.8) is 0 Å². The number of thioether (sulfide) groups is 1. The molecule has 170 valence electrons. The largest absolute Gasteiger partial charge is 0.417 e. The monoisotopic (exact) mass is 475 g/mol. The van der Waals surface area contributed by atoms with Crippen molar-refractivity contribution in [1.29, 1.82) is 5.26 Å². The Morgan fingerprint density at radius 3 is 2.59 bits per heavy atom. The third-order valence-electron chi connectivity index (χ3n) is 4.55. The summed E-state index contributed by atoms with van der Waals surface area (Å²) in [5, 5.41) is 10.3. The molecule has 1 saturated heterocycles. The van der Waals surface area contributed by atoms with Crippen molar-refractivity contribution in [3.8, 4) is 6.07 Å². The average Bonchev–Trinajstić information content (AvgIpc) is 3.15. The van der Waals surface area contributed by atoms with Crippen LogP contribution in [0.5, 0.6) is 0 Å². The van der Waals surface area contributed by atoms with Crippen molar-refractivity contribution in [1.82, 2.24) is 15.3 Å². The zero-order chi connectivity index (χ0) is 23.5. The van der Waals surface area contributed by atoms with Crippen LogP contribution >= 0.6 is 11.8 Å². The van der Waals surface area contributed by atoms with E-state index in [2.05, 4.69) is 9.97 Å². The standard InChI is InChI=1S/C19H15F6N5OS/c20-18(21,22)10-28-17(31)13-7-11(9-30(13)16-5-6-27-15(8-26)29-16)32-14-4-2-1-3-12(14)19(23,24)25/h1-6,11,13H,7,9-10H2,(H,28,31). The Bertz CT molecular complexity index is 1020. The van der Waals surface area contributed by atoms with E-state index in [0.29, 0.717) is 0 Å². The molecule has 1 aliphatic rings. The number of carbonyl (C=O) groups is 1. The second-order valence-corrected chi connectivity index (χ2v) is 8.16. The molecule has 0 radical (unpaired) electrons. The Kier molecular flexibility index (Phi) is 6.82. The van der Waals surface area contributed by atoms with Gasteiger partial charge >= 0.3 is 12.4 Å². The maximum Gasteiger partial charge on any atom is 0.417 e. The van der Waals surface area contributed by atoms with Gasteiger partial charge in [0.1, 0.15) is 24.5 Å². The Hall–Kier alpha value is -3.01. The minimum absolute atomic E-state index is 0.0214. The smallest absolute Gasteiger partial charge is 0.345 e. The molecule has 2 atom stereocenters. The number of hydrogen-bond donors (Lipinski definition) is 1. The van der Waals surface area contributed by atoms with E-state index in [-0.39, 0.29) is 29.5 Å². The van der Waals surface area contributed by atoms with Crippen LogP contribution in [0.1, 0.15) is 17.8 Å². The minimum Gasteiger partial charge on any atom is -0.345 e. The maximum absolute atomic E-state index is 13.3. The van der Waals surface area contributed by atoms with Crippen molar-refractivity contribution >= 4 is 23.5 Å². The van der Waals surface area contributed by atoms with Crippen molar-refractivity contribution in [2.45, 2.75) is 35.0 Å². The van der Waals surface area contributed by atoms with Gasteiger partial charge in [-0.05, 0) is 24.6 Å². The number of amides is 1. The Balaban J connectivity index is 1.86. The number of nitrogens with zero attached hydrogens (tertiary/aromatic N) is 4. The number of nitriles is 1. The highest BCUT2D eigenvalue weighted by Crippen LogP contribution is 2.41. The predicted molar refractivity (Wildman–Crippen MR) is 103 cm³/mol. The molecule has 1 aliphatic heterocycles. The summed E-state index contributed by atoms with van der Waals surface area (Å²) in [6.07, 6.45) is -7.97. The van der Waals surface area contributed by atoms with Crippen LogP contribution in [-0.2, 0) is 11.0 Å². The molecule has 0 saturated carbocycles. The van der Waals surface area contributed by atoms with E-state index < -0.39 is 41.7 Å². The second kappa shape index (κ2) is 9.23. The highest BCUT2D eigenvalue weighted by atomic mass is 32.2. The third-order valence-corrected chi connectivity index (χ3v) is 5.83. The van der Waals surface area contributed by atoms with Gasteiger partial charge in [0.25, 0.3) is 0 Å². The van der Waals surface area contributed by atoms with Crippen LogP contribution < -0.4 is 10.2 Å².